The summed E-state index contributed by atoms with van der Waals surface area (Å²) < 4.78 is 23.9. The standard InChI is InChI=1S/C12H17NO3S/c1-9(2)17(15,16)11-7-5-6-10(8-11)12(14)13(3)4/h5-9H,1-4H3. The quantitative estimate of drug-likeness (QED) is 0.823. The van der Waals surface area contributed by atoms with Crippen molar-refractivity contribution in [2.45, 2.75) is 24.0 Å². The van der Waals surface area contributed by atoms with E-state index in [9.17, 15) is 13.2 Å². The van der Waals surface area contributed by atoms with Gasteiger partial charge in [0.1, 0.15) is 0 Å². The lowest BCUT2D eigenvalue weighted by Crippen LogP contribution is -2.22. The van der Waals surface area contributed by atoms with E-state index in [1.165, 1.54) is 17.0 Å². The van der Waals surface area contributed by atoms with Gasteiger partial charge in [-0.1, -0.05) is 6.07 Å². The number of carbonyl (C=O) groups excluding carboxylic acids is 1. The zero-order valence-electron chi connectivity index (χ0n) is 10.5. The Balaban J connectivity index is 3.24. The van der Waals surface area contributed by atoms with Gasteiger partial charge in [0.15, 0.2) is 9.84 Å². The summed E-state index contributed by atoms with van der Waals surface area (Å²) in [5.74, 6) is -0.203. The smallest absolute Gasteiger partial charge is 0.253 e. The highest BCUT2D eigenvalue weighted by Gasteiger charge is 2.20. The van der Waals surface area contributed by atoms with Gasteiger partial charge in [0.05, 0.1) is 10.1 Å². The fraction of sp³-hybridized carbons (Fsp3) is 0.417. The summed E-state index contributed by atoms with van der Waals surface area (Å²) in [6.45, 7) is 3.24. The van der Waals surface area contributed by atoms with E-state index in [0.29, 0.717) is 5.56 Å². The first-order valence-electron chi connectivity index (χ1n) is 5.32. The number of nitrogens with zero attached hydrogens (tertiary/aromatic N) is 1. The highest BCUT2D eigenvalue weighted by molar-refractivity contribution is 7.92. The summed E-state index contributed by atoms with van der Waals surface area (Å²) in [5.41, 5.74) is 0.386. The first-order chi connectivity index (χ1) is 7.76. The molecule has 1 rings (SSSR count). The van der Waals surface area contributed by atoms with E-state index < -0.39 is 15.1 Å². The van der Waals surface area contributed by atoms with Gasteiger partial charge in [-0.2, -0.15) is 0 Å². The van der Waals surface area contributed by atoms with Crippen LogP contribution in [-0.4, -0.2) is 38.6 Å². The highest BCUT2D eigenvalue weighted by Crippen LogP contribution is 2.17. The third kappa shape index (κ3) is 2.85. The van der Waals surface area contributed by atoms with Crippen LogP contribution in [0.1, 0.15) is 24.2 Å². The van der Waals surface area contributed by atoms with Crippen molar-refractivity contribution in [2.24, 2.45) is 0 Å². The third-order valence-electron chi connectivity index (χ3n) is 2.44. The largest absolute Gasteiger partial charge is 0.345 e. The van der Waals surface area contributed by atoms with Crippen molar-refractivity contribution in [3.63, 3.8) is 0 Å². The number of hydrogen-bond acceptors (Lipinski definition) is 3. The van der Waals surface area contributed by atoms with Crippen molar-refractivity contribution in [1.29, 1.82) is 0 Å². The van der Waals surface area contributed by atoms with Crippen LogP contribution in [-0.2, 0) is 9.84 Å². The average molecular weight is 255 g/mol. The van der Waals surface area contributed by atoms with Gasteiger partial charge in [-0.05, 0) is 32.0 Å². The van der Waals surface area contributed by atoms with Crippen LogP contribution >= 0.6 is 0 Å². The van der Waals surface area contributed by atoms with E-state index in [2.05, 4.69) is 0 Å². The minimum absolute atomic E-state index is 0.195. The van der Waals surface area contributed by atoms with Gasteiger partial charge in [0.25, 0.3) is 5.91 Å². The van der Waals surface area contributed by atoms with Gasteiger partial charge < -0.3 is 4.90 Å². The Hall–Kier alpha value is -1.36. The lowest BCUT2D eigenvalue weighted by Gasteiger charge is -2.12. The van der Waals surface area contributed by atoms with Crippen LogP contribution in [0.5, 0.6) is 0 Å². The predicted molar refractivity (Wildman–Crippen MR) is 66.8 cm³/mol. The molecule has 1 aromatic rings. The monoisotopic (exact) mass is 255 g/mol. The average Bonchev–Trinajstić information content (AvgIpc) is 2.27. The Bertz CT molecular complexity index is 518. The third-order valence-corrected chi connectivity index (χ3v) is 4.59. The molecular weight excluding hydrogens is 238 g/mol. The minimum atomic E-state index is -3.33. The molecule has 0 bridgehead atoms. The molecule has 0 fully saturated rings. The Labute approximate surface area is 102 Å². The Morgan fingerprint density at radius 1 is 1.24 bits per heavy atom. The zero-order valence-corrected chi connectivity index (χ0v) is 11.3. The maximum absolute atomic E-state index is 12.0. The summed E-state index contributed by atoms with van der Waals surface area (Å²) in [7, 11) is -0.0675. The molecule has 1 amide bonds. The van der Waals surface area contributed by atoms with Gasteiger partial charge >= 0.3 is 0 Å². The molecule has 0 aliphatic rings. The molecule has 17 heavy (non-hydrogen) atoms. The molecule has 0 saturated heterocycles. The maximum atomic E-state index is 12.0. The van der Waals surface area contributed by atoms with E-state index in [4.69, 9.17) is 0 Å². The van der Waals surface area contributed by atoms with Crippen molar-refractivity contribution >= 4 is 15.7 Å². The van der Waals surface area contributed by atoms with E-state index >= 15 is 0 Å². The number of sulfone groups is 1. The van der Waals surface area contributed by atoms with Crippen molar-refractivity contribution in [3.8, 4) is 0 Å². The lowest BCUT2D eigenvalue weighted by atomic mass is 10.2. The molecule has 0 N–H and O–H groups in total. The molecule has 0 aromatic heterocycles. The molecule has 0 aliphatic carbocycles. The fourth-order valence-corrected chi connectivity index (χ4v) is 2.44. The van der Waals surface area contributed by atoms with E-state index in [0.717, 1.165) is 0 Å². The topological polar surface area (TPSA) is 54.5 Å². The van der Waals surface area contributed by atoms with Crippen LogP contribution in [0, 0.1) is 0 Å². The van der Waals surface area contributed by atoms with Gasteiger partial charge in [0, 0.05) is 19.7 Å². The van der Waals surface area contributed by atoms with Crippen LogP contribution < -0.4 is 0 Å². The van der Waals surface area contributed by atoms with Crippen LogP contribution in [0.15, 0.2) is 29.2 Å². The number of carbonyl (C=O) groups is 1. The maximum Gasteiger partial charge on any atom is 0.253 e. The summed E-state index contributed by atoms with van der Waals surface area (Å²) in [6, 6.07) is 6.15. The second-order valence-corrected chi connectivity index (χ2v) is 6.83. The molecule has 1 aromatic carbocycles. The van der Waals surface area contributed by atoms with E-state index in [1.807, 2.05) is 0 Å². The van der Waals surface area contributed by atoms with Crippen LogP contribution in [0.2, 0.25) is 0 Å². The minimum Gasteiger partial charge on any atom is -0.345 e. The number of rotatable bonds is 3. The molecule has 4 nitrogen and oxygen atoms in total. The highest BCUT2D eigenvalue weighted by atomic mass is 32.2. The first kappa shape index (κ1) is 13.7. The first-order valence-corrected chi connectivity index (χ1v) is 6.87. The number of benzene rings is 1. The van der Waals surface area contributed by atoms with Crippen LogP contribution in [0.4, 0.5) is 0 Å². The van der Waals surface area contributed by atoms with Crippen molar-refractivity contribution in [1.82, 2.24) is 4.90 Å². The Morgan fingerprint density at radius 2 is 1.82 bits per heavy atom. The van der Waals surface area contributed by atoms with Crippen molar-refractivity contribution in [3.05, 3.63) is 29.8 Å². The van der Waals surface area contributed by atoms with Crippen LogP contribution in [0.25, 0.3) is 0 Å². The molecule has 5 heteroatoms. The lowest BCUT2D eigenvalue weighted by molar-refractivity contribution is 0.0827. The molecule has 0 saturated carbocycles. The number of amides is 1. The van der Waals surface area contributed by atoms with Crippen molar-refractivity contribution < 1.29 is 13.2 Å². The van der Waals surface area contributed by atoms with Gasteiger partial charge in [0.2, 0.25) is 0 Å². The SMILES string of the molecule is CC(C)S(=O)(=O)c1cccc(C(=O)N(C)C)c1. The molecule has 0 aliphatic heterocycles. The van der Waals surface area contributed by atoms with Gasteiger partial charge in [-0.3, -0.25) is 4.79 Å². The van der Waals surface area contributed by atoms with Gasteiger partial charge in [-0.25, -0.2) is 8.42 Å². The molecule has 94 valence electrons. The van der Waals surface area contributed by atoms with Crippen molar-refractivity contribution in [2.75, 3.05) is 14.1 Å². The van der Waals surface area contributed by atoms with E-state index in [-0.39, 0.29) is 10.8 Å². The summed E-state index contributed by atoms with van der Waals surface area (Å²) in [5, 5.41) is -0.493. The van der Waals surface area contributed by atoms with Gasteiger partial charge in [-0.15, -0.1) is 0 Å². The fourth-order valence-electron chi connectivity index (χ4n) is 1.34. The Morgan fingerprint density at radius 3 is 2.29 bits per heavy atom. The molecule has 0 unspecified atom stereocenters. The number of hydrogen-bond donors (Lipinski definition) is 0. The van der Waals surface area contributed by atoms with E-state index in [1.54, 1.807) is 40.1 Å². The second-order valence-electron chi connectivity index (χ2n) is 4.32. The summed E-state index contributed by atoms with van der Waals surface area (Å²) in [6.07, 6.45) is 0. The van der Waals surface area contributed by atoms with Crippen LogP contribution in [0.3, 0.4) is 0 Å². The molecule has 0 radical (unpaired) electrons. The Kier molecular flexibility index (Phi) is 3.93. The zero-order chi connectivity index (χ0) is 13.2. The predicted octanol–water partition coefficient (Wildman–Crippen LogP) is 1.57. The molecule has 0 spiro atoms. The molecule has 0 heterocycles. The summed E-state index contributed by atoms with van der Waals surface area (Å²) in [4.78, 5) is 13.3. The summed E-state index contributed by atoms with van der Waals surface area (Å²) >= 11 is 0. The molecular formula is C12H17NO3S. The normalized spacial score (nSPS) is 11.6. The second kappa shape index (κ2) is 4.87. The molecule has 0 atom stereocenters.